The number of nitrogens with zero attached hydrogens (tertiary/aromatic N) is 3. The van der Waals surface area contributed by atoms with Gasteiger partial charge in [-0.25, -0.2) is 0 Å². The minimum absolute atomic E-state index is 0.379. The van der Waals surface area contributed by atoms with Crippen molar-refractivity contribution in [2.24, 2.45) is 0 Å². The molecular weight excluding hydrogens is 248 g/mol. The van der Waals surface area contributed by atoms with Crippen molar-refractivity contribution < 1.29 is 0 Å². The summed E-state index contributed by atoms with van der Waals surface area (Å²) in [7, 11) is 0. The second-order valence-electron chi connectivity index (χ2n) is 6.48. The highest BCUT2D eigenvalue weighted by Gasteiger charge is 2.40. The summed E-state index contributed by atoms with van der Waals surface area (Å²) in [4.78, 5) is 11.5. The third-order valence-electron chi connectivity index (χ3n) is 4.97. The van der Waals surface area contributed by atoms with E-state index in [0.717, 1.165) is 24.5 Å². The minimum atomic E-state index is 0.379. The molecule has 4 nitrogen and oxygen atoms in total. The molecule has 1 unspecified atom stereocenters. The van der Waals surface area contributed by atoms with Gasteiger partial charge in [0.1, 0.15) is 0 Å². The maximum absolute atomic E-state index is 4.53. The van der Waals surface area contributed by atoms with E-state index in [4.69, 9.17) is 0 Å². The van der Waals surface area contributed by atoms with E-state index < -0.39 is 0 Å². The third-order valence-corrected chi connectivity index (χ3v) is 4.97. The van der Waals surface area contributed by atoms with Crippen molar-refractivity contribution >= 4 is 0 Å². The summed E-state index contributed by atoms with van der Waals surface area (Å²) >= 11 is 0. The van der Waals surface area contributed by atoms with Crippen molar-refractivity contribution in [3.05, 3.63) is 23.8 Å². The molecule has 1 atom stereocenters. The molecule has 1 aromatic heterocycles. The van der Waals surface area contributed by atoms with Crippen LogP contribution in [0.4, 0.5) is 0 Å². The molecule has 1 N–H and O–H groups in total. The van der Waals surface area contributed by atoms with E-state index in [-0.39, 0.29) is 0 Å². The molecule has 0 amide bonds. The predicted molar refractivity (Wildman–Crippen MR) is 80.5 cm³/mol. The third kappa shape index (κ3) is 2.86. The fourth-order valence-electron chi connectivity index (χ4n) is 3.72. The molecule has 0 aromatic carbocycles. The number of aromatic nitrogens is 2. The molecule has 4 heteroatoms. The van der Waals surface area contributed by atoms with Crippen LogP contribution in [-0.4, -0.2) is 39.5 Å². The first-order chi connectivity index (χ1) is 9.71. The van der Waals surface area contributed by atoms with E-state index in [2.05, 4.69) is 27.1 Å². The maximum atomic E-state index is 4.53. The highest BCUT2D eigenvalue weighted by Crippen LogP contribution is 2.34. The van der Waals surface area contributed by atoms with Gasteiger partial charge in [-0.1, -0.05) is 19.8 Å². The van der Waals surface area contributed by atoms with Gasteiger partial charge >= 0.3 is 0 Å². The average Bonchev–Trinajstić information content (AvgIpc) is 2.90. The van der Waals surface area contributed by atoms with Crippen LogP contribution >= 0.6 is 0 Å². The Morgan fingerprint density at radius 3 is 2.75 bits per heavy atom. The number of nitrogens with one attached hydrogen (secondary N) is 1. The summed E-state index contributed by atoms with van der Waals surface area (Å²) in [6.07, 6.45) is 10.4. The van der Waals surface area contributed by atoms with Crippen molar-refractivity contribution in [3.63, 3.8) is 0 Å². The molecule has 0 radical (unpaired) electrons. The normalized spacial score (nSPS) is 26.2. The van der Waals surface area contributed by atoms with Crippen molar-refractivity contribution in [3.8, 4) is 0 Å². The molecule has 110 valence electrons. The number of hydrogen-bond donors (Lipinski definition) is 1. The van der Waals surface area contributed by atoms with E-state index in [9.17, 15) is 0 Å². The van der Waals surface area contributed by atoms with Crippen LogP contribution in [0.15, 0.2) is 12.4 Å². The van der Waals surface area contributed by atoms with Gasteiger partial charge in [-0.05, 0) is 26.2 Å². The van der Waals surface area contributed by atoms with E-state index >= 15 is 0 Å². The van der Waals surface area contributed by atoms with Crippen molar-refractivity contribution in [1.29, 1.82) is 0 Å². The lowest BCUT2D eigenvalue weighted by Crippen LogP contribution is -2.62. The molecule has 1 aliphatic carbocycles. The van der Waals surface area contributed by atoms with Gasteiger partial charge in [0.05, 0.1) is 11.4 Å². The van der Waals surface area contributed by atoms with Crippen LogP contribution in [0.3, 0.4) is 0 Å². The Kier molecular flexibility index (Phi) is 4.03. The molecule has 2 aliphatic rings. The van der Waals surface area contributed by atoms with Gasteiger partial charge in [-0.2, -0.15) is 0 Å². The maximum Gasteiger partial charge on any atom is 0.0727 e. The first kappa shape index (κ1) is 14.0. The van der Waals surface area contributed by atoms with Gasteiger partial charge in [0, 0.05) is 43.6 Å². The van der Waals surface area contributed by atoms with E-state index in [1.165, 1.54) is 38.6 Å². The minimum Gasteiger partial charge on any atom is -0.308 e. The van der Waals surface area contributed by atoms with Gasteiger partial charge in [-0.3, -0.25) is 14.9 Å². The fraction of sp³-hybridized carbons (Fsp3) is 0.750. The Hall–Kier alpha value is -1.00. The highest BCUT2D eigenvalue weighted by atomic mass is 15.3. The molecule has 2 heterocycles. The lowest BCUT2D eigenvalue weighted by atomic mass is 9.91. The smallest absolute Gasteiger partial charge is 0.0727 e. The molecule has 1 saturated carbocycles. The van der Waals surface area contributed by atoms with Crippen molar-refractivity contribution in [2.45, 2.75) is 64.1 Å². The van der Waals surface area contributed by atoms with Crippen LogP contribution in [0.1, 0.15) is 50.4 Å². The largest absolute Gasteiger partial charge is 0.308 e. The van der Waals surface area contributed by atoms with Gasteiger partial charge in [0.15, 0.2) is 0 Å². The van der Waals surface area contributed by atoms with Crippen LogP contribution < -0.4 is 5.32 Å². The average molecular weight is 274 g/mol. The fourth-order valence-corrected chi connectivity index (χ4v) is 3.72. The molecule has 1 saturated heterocycles. The molecule has 2 fully saturated rings. The standard InChI is InChI=1S/C16H26N4/c1-3-15-10-19-16(6-4-5-7-16)12-20(15)11-14-9-17-13(2)8-18-14/h8-9,15,19H,3-7,10-12H2,1-2H3. The van der Waals surface area contributed by atoms with Gasteiger partial charge in [-0.15, -0.1) is 0 Å². The predicted octanol–water partition coefficient (Wildman–Crippen LogP) is 2.28. The summed E-state index contributed by atoms with van der Waals surface area (Å²) in [6.45, 7) is 7.50. The van der Waals surface area contributed by atoms with Crippen LogP contribution in [-0.2, 0) is 6.54 Å². The molecule has 3 rings (SSSR count). The first-order valence-corrected chi connectivity index (χ1v) is 7.97. The van der Waals surface area contributed by atoms with Crippen LogP contribution in [0.5, 0.6) is 0 Å². The van der Waals surface area contributed by atoms with Gasteiger partial charge in [0.2, 0.25) is 0 Å². The van der Waals surface area contributed by atoms with Gasteiger partial charge in [0.25, 0.3) is 0 Å². The molecule has 20 heavy (non-hydrogen) atoms. The van der Waals surface area contributed by atoms with E-state index in [0.29, 0.717) is 11.6 Å². The molecular formula is C16H26N4. The summed E-state index contributed by atoms with van der Waals surface area (Å²) in [5.74, 6) is 0. The highest BCUT2D eigenvalue weighted by molar-refractivity contribution is 5.05. The second kappa shape index (κ2) is 5.78. The van der Waals surface area contributed by atoms with Crippen LogP contribution in [0, 0.1) is 6.92 Å². The quantitative estimate of drug-likeness (QED) is 0.918. The van der Waals surface area contributed by atoms with Gasteiger partial charge < -0.3 is 5.32 Å². The zero-order valence-electron chi connectivity index (χ0n) is 12.7. The number of piperazine rings is 1. The van der Waals surface area contributed by atoms with E-state index in [1.54, 1.807) is 0 Å². The number of hydrogen-bond acceptors (Lipinski definition) is 4. The second-order valence-corrected chi connectivity index (χ2v) is 6.48. The molecule has 0 bridgehead atoms. The molecule has 1 aliphatic heterocycles. The van der Waals surface area contributed by atoms with Crippen molar-refractivity contribution in [1.82, 2.24) is 20.2 Å². The Labute approximate surface area is 122 Å². The Morgan fingerprint density at radius 2 is 2.10 bits per heavy atom. The summed E-state index contributed by atoms with van der Waals surface area (Å²) in [6, 6.07) is 0.629. The lowest BCUT2D eigenvalue weighted by molar-refractivity contribution is 0.0706. The molecule has 1 spiro atoms. The number of rotatable bonds is 3. The molecule has 1 aromatic rings. The van der Waals surface area contributed by atoms with Crippen LogP contribution in [0.2, 0.25) is 0 Å². The topological polar surface area (TPSA) is 41.0 Å². The Morgan fingerprint density at radius 1 is 1.30 bits per heavy atom. The zero-order valence-corrected chi connectivity index (χ0v) is 12.7. The summed E-state index contributed by atoms with van der Waals surface area (Å²) in [5.41, 5.74) is 2.47. The Balaban J connectivity index is 1.72. The lowest BCUT2D eigenvalue weighted by Gasteiger charge is -2.46. The number of aryl methyl sites for hydroxylation is 1. The monoisotopic (exact) mass is 274 g/mol. The van der Waals surface area contributed by atoms with Crippen molar-refractivity contribution in [2.75, 3.05) is 13.1 Å². The zero-order chi connectivity index (χ0) is 14.0. The summed E-state index contributed by atoms with van der Waals surface area (Å²) in [5, 5.41) is 3.84. The SMILES string of the molecule is CCC1CNC2(CCCC2)CN1Cc1cnc(C)cn1. The van der Waals surface area contributed by atoms with E-state index in [1.807, 2.05) is 19.3 Å². The van der Waals surface area contributed by atoms with Crippen LogP contribution in [0.25, 0.3) is 0 Å². The summed E-state index contributed by atoms with van der Waals surface area (Å²) < 4.78 is 0. The Bertz CT molecular complexity index is 436. The first-order valence-electron chi connectivity index (χ1n) is 7.97.